The lowest BCUT2D eigenvalue weighted by molar-refractivity contribution is 0.0526. The van der Waals surface area contributed by atoms with Crippen LogP contribution in [0.4, 0.5) is 5.69 Å². The molecule has 1 amide bonds. The maximum Gasteiger partial charge on any atom is 0.338 e. The Morgan fingerprint density at radius 3 is 2.40 bits per heavy atom. The summed E-state index contributed by atoms with van der Waals surface area (Å²) < 4.78 is 10.3. The highest BCUT2D eigenvalue weighted by Gasteiger charge is 2.13. The third-order valence-electron chi connectivity index (χ3n) is 3.49. The second-order valence-corrected chi connectivity index (χ2v) is 5.69. The van der Waals surface area contributed by atoms with Crippen LogP contribution in [0.5, 0.6) is 5.75 Å². The van der Waals surface area contributed by atoms with Gasteiger partial charge in [-0.2, -0.15) is 0 Å². The average Bonchev–Trinajstić information content (AvgIpc) is 2.59. The standard InChI is InChI=1S/C19H20ClNO4/c1-4-24-17-9-8-13(10-15(17)20)18(22)21-16-11-14(7-6-12(16)3)19(23)25-5-2/h6-11H,4-5H2,1-3H3,(H,21,22). The summed E-state index contributed by atoms with van der Waals surface area (Å²) in [6.07, 6.45) is 0. The highest BCUT2D eigenvalue weighted by Crippen LogP contribution is 2.26. The van der Waals surface area contributed by atoms with Crippen LogP contribution in [0.25, 0.3) is 0 Å². The second kappa shape index (κ2) is 8.53. The number of rotatable bonds is 6. The molecule has 0 bridgehead atoms. The van der Waals surface area contributed by atoms with Crippen molar-refractivity contribution in [3.8, 4) is 5.75 Å². The van der Waals surface area contributed by atoms with Gasteiger partial charge < -0.3 is 14.8 Å². The van der Waals surface area contributed by atoms with E-state index in [0.717, 1.165) is 5.56 Å². The first-order chi connectivity index (χ1) is 12.0. The van der Waals surface area contributed by atoms with Gasteiger partial charge in [0.05, 0.1) is 23.8 Å². The van der Waals surface area contributed by atoms with Crippen LogP contribution in [0.3, 0.4) is 0 Å². The predicted molar refractivity (Wildman–Crippen MR) is 97.7 cm³/mol. The van der Waals surface area contributed by atoms with Crippen molar-refractivity contribution in [2.75, 3.05) is 18.5 Å². The van der Waals surface area contributed by atoms with Crippen molar-refractivity contribution >= 4 is 29.2 Å². The zero-order chi connectivity index (χ0) is 18.4. The lowest BCUT2D eigenvalue weighted by Crippen LogP contribution is -2.14. The van der Waals surface area contributed by atoms with Crippen LogP contribution in [-0.2, 0) is 4.74 Å². The van der Waals surface area contributed by atoms with E-state index in [1.54, 1.807) is 43.3 Å². The van der Waals surface area contributed by atoms with Gasteiger partial charge in [-0.3, -0.25) is 4.79 Å². The number of anilines is 1. The van der Waals surface area contributed by atoms with Gasteiger partial charge in [-0.15, -0.1) is 0 Å². The number of esters is 1. The molecular weight excluding hydrogens is 342 g/mol. The van der Waals surface area contributed by atoms with E-state index < -0.39 is 5.97 Å². The minimum atomic E-state index is -0.429. The van der Waals surface area contributed by atoms with Gasteiger partial charge in [0.1, 0.15) is 5.75 Å². The Bertz CT molecular complexity index is 789. The van der Waals surface area contributed by atoms with E-state index in [2.05, 4.69) is 5.32 Å². The lowest BCUT2D eigenvalue weighted by atomic mass is 10.1. The van der Waals surface area contributed by atoms with Gasteiger partial charge in [-0.25, -0.2) is 4.79 Å². The number of benzene rings is 2. The van der Waals surface area contributed by atoms with E-state index in [1.807, 2.05) is 13.8 Å². The molecule has 5 nitrogen and oxygen atoms in total. The molecule has 0 aromatic heterocycles. The summed E-state index contributed by atoms with van der Waals surface area (Å²) in [4.78, 5) is 24.3. The van der Waals surface area contributed by atoms with Crippen molar-refractivity contribution < 1.29 is 19.1 Å². The van der Waals surface area contributed by atoms with Gasteiger partial charge in [0, 0.05) is 11.3 Å². The van der Waals surface area contributed by atoms with Crippen LogP contribution in [0.15, 0.2) is 36.4 Å². The molecule has 0 aliphatic rings. The topological polar surface area (TPSA) is 64.6 Å². The molecule has 0 saturated heterocycles. The molecule has 0 heterocycles. The van der Waals surface area contributed by atoms with Gasteiger partial charge >= 0.3 is 5.97 Å². The number of halogens is 1. The van der Waals surface area contributed by atoms with Gasteiger partial charge in [-0.05, 0) is 56.7 Å². The fraction of sp³-hybridized carbons (Fsp3) is 0.263. The first kappa shape index (κ1) is 18.8. The molecule has 2 aromatic rings. The van der Waals surface area contributed by atoms with Gasteiger partial charge in [0.15, 0.2) is 0 Å². The van der Waals surface area contributed by atoms with Gasteiger partial charge in [-0.1, -0.05) is 17.7 Å². The Balaban J connectivity index is 2.21. The fourth-order valence-corrected chi connectivity index (χ4v) is 2.44. The van der Waals surface area contributed by atoms with Crippen LogP contribution in [0, 0.1) is 6.92 Å². The summed E-state index contributed by atoms with van der Waals surface area (Å²) in [6.45, 7) is 6.22. The molecule has 0 fully saturated rings. The van der Waals surface area contributed by atoms with Crippen molar-refractivity contribution in [3.63, 3.8) is 0 Å². The molecule has 0 radical (unpaired) electrons. The second-order valence-electron chi connectivity index (χ2n) is 5.28. The number of ether oxygens (including phenoxy) is 2. The Morgan fingerprint density at radius 2 is 1.76 bits per heavy atom. The number of hydrogen-bond donors (Lipinski definition) is 1. The molecule has 2 rings (SSSR count). The minimum absolute atomic E-state index is 0.291. The lowest BCUT2D eigenvalue weighted by Gasteiger charge is -2.11. The summed E-state index contributed by atoms with van der Waals surface area (Å²) in [5.41, 5.74) is 2.15. The maximum atomic E-state index is 12.5. The molecule has 6 heteroatoms. The minimum Gasteiger partial charge on any atom is -0.492 e. The Morgan fingerprint density at radius 1 is 1.04 bits per heavy atom. The number of hydrogen-bond acceptors (Lipinski definition) is 4. The molecule has 2 aromatic carbocycles. The molecule has 0 saturated carbocycles. The van der Waals surface area contributed by atoms with Crippen LogP contribution in [0.1, 0.15) is 40.1 Å². The van der Waals surface area contributed by atoms with Crippen LogP contribution < -0.4 is 10.1 Å². The van der Waals surface area contributed by atoms with E-state index in [9.17, 15) is 9.59 Å². The molecule has 0 atom stereocenters. The van der Waals surface area contributed by atoms with Crippen molar-refractivity contribution in [1.29, 1.82) is 0 Å². The zero-order valence-electron chi connectivity index (χ0n) is 14.4. The molecular formula is C19H20ClNO4. The smallest absolute Gasteiger partial charge is 0.338 e. The van der Waals surface area contributed by atoms with E-state index in [1.165, 1.54) is 0 Å². The van der Waals surface area contributed by atoms with E-state index in [4.69, 9.17) is 21.1 Å². The molecule has 132 valence electrons. The number of carbonyl (C=O) groups excluding carboxylic acids is 2. The zero-order valence-corrected chi connectivity index (χ0v) is 15.1. The molecule has 1 N–H and O–H groups in total. The third kappa shape index (κ3) is 4.73. The monoisotopic (exact) mass is 361 g/mol. The SMILES string of the molecule is CCOC(=O)c1ccc(C)c(NC(=O)c2ccc(OCC)c(Cl)c2)c1. The van der Waals surface area contributed by atoms with Crippen molar-refractivity contribution in [2.24, 2.45) is 0 Å². The summed E-state index contributed by atoms with van der Waals surface area (Å²) in [5.74, 6) is -0.225. The number of amides is 1. The highest BCUT2D eigenvalue weighted by atomic mass is 35.5. The Labute approximate surface area is 151 Å². The van der Waals surface area contributed by atoms with E-state index >= 15 is 0 Å². The summed E-state index contributed by atoms with van der Waals surface area (Å²) in [7, 11) is 0. The van der Waals surface area contributed by atoms with Crippen molar-refractivity contribution in [2.45, 2.75) is 20.8 Å². The van der Waals surface area contributed by atoms with Crippen LogP contribution in [0.2, 0.25) is 5.02 Å². The highest BCUT2D eigenvalue weighted by molar-refractivity contribution is 6.32. The van der Waals surface area contributed by atoms with Gasteiger partial charge in [0.25, 0.3) is 5.91 Å². The fourth-order valence-electron chi connectivity index (χ4n) is 2.21. The third-order valence-corrected chi connectivity index (χ3v) is 3.79. The molecule has 0 aliphatic carbocycles. The first-order valence-electron chi connectivity index (χ1n) is 7.97. The molecule has 25 heavy (non-hydrogen) atoms. The summed E-state index contributed by atoms with van der Waals surface area (Å²) in [6, 6.07) is 9.86. The Hall–Kier alpha value is -2.53. The molecule has 0 aliphatic heterocycles. The van der Waals surface area contributed by atoms with Crippen molar-refractivity contribution in [3.05, 3.63) is 58.1 Å². The summed E-state index contributed by atoms with van der Waals surface area (Å²) in [5, 5.41) is 3.16. The van der Waals surface area contributed by atoms with E-state index in [-0.39, 0.29) is 5.91 Å². The van der Waals surface area contributed by atoms with Crippen LogP contribution >= 0.6 is 11.6 Å². The normalized spacial score (nSPS) is 10.2. The average molecular weight is 362 g/mol. The van der Waals surface area contributed by atoms with Gasteiger partial charge in [0.2, 0.25) is 0 Å². The van der Waals surface area contributed by atoms with Crippen molar-refractivity contribution in [1.82, 2.24) is 0 Å². The van der Waals surface area contributed by atoms with E-state index in [0.29, 0.717) is 40.8 Å². The molecule has 0 spiro atoms. The summed E-state index contributed by atoms with van der Waals surface area (Å²) >= 11 is 6.12. The van der Waals surface area contributed by atoms with Crippen LogP contribution in [-0.4, -0.2) is 25.1 Å². The Kier molecular flexibility index (Phi) is 6.42. The largest absolute Gasteiger partial charge is 0.492 e. The number of carbonyl (C=O) groups is 2. The maximum absolute atomic E-state index is 12.5. The number of aryl methyl sites for hydroxylation is 1. The predicted octanol–water partition coefficient (Wildman–Crippen LogP) is 4.48. The number of nitrogens with one attached hydrogen (secondary N) is 1. The molecule has 0 unspecified atom stereocenters. The quantitative estimate of drug-likeness (QED) is 0.770. The first-order valence-corrected chi connectivity index (χ1v) is 8.35.